The lowest BCUT2D eigenvalue weighted by molar-refractivity contribution is 0.0124. The summed E-state index contributed by atoms with van der Waals surface area (Å²) in [6.07, 6.45) is 4.42. The highest BCUT2D eigenvalue weighted by atomic mass is 79.9. The molecule has 102 valence electrons. The average molecular weight is 324 g/mol. The van der Waals surface area contributed by atoms with Gasteiger partial charge in [0.2, 0.25) is 0 Å². The SMILES string of the molecule is CCC1(O)CCN(c2ncc(Br)cc2CC#N)CC1. The zero-order valence-corrected chi connectivity index (χ0v) is 12.7. The molecule has 0 aromatic carbocycles. The number of piperidine rings is 1. The Morgan fingerprint density at radius 2 is 2.21 bits per heavy atom. The Morgan fingerprint density at radius 1 is 1.53 bits per heavy atom. The molecule has 0 saturated carbocycles. The number of hydrogen-bond donors (Lipinski definition) is 1. The molecule has 1 aliphatic rings. The standard InChI is InChI=1S/C14H18BrN3O/c1-2-14(19)4-7-18(8-5-14)13-11(3-6-16)9-12(15)10-17-13/h9-10,19H,2-5,7-8H2,1H3. The molecule has 0 atom stereocenters. The minimum absolute atomic E-state index is 0.357. The van der Waals surface area contributed by atoms with Gasteiger partial charge in [-0.2, -0.15) is 5.26 Å². The first-order valence-corrected chi connectivity index (χ1v) is 7.36. The summed E-state index contributed by atoms with van der Waals surface area (Å²) in [5, 5.41) is 19.2. The molecule has 0 spiro atoms. The van der Waals surface area contributed by atoms with Crippen LogP contribution in [0.25, 0.3) is 0 Å². The first-order valence-electron chi connectivity index (χ1n) is 6.56. The normalized spacial score (nSPS) is 18.1. The quantitative estimate of drug-likeness (QED) is 0.929. The molecule has 1 fully saturated rings. The van der Waals surface area contributed by atoms with Crippen LogP contribution in [0.2, 0.25) is 0 Å². The van der Waals surface area contributed by atoms with E-state index in [9.17, 15) is 5.11 Å². The molecule has 4 nitrogen and oxygen atoms in total. The van der Waals surface area contributed by atoms with Gasteiger partial charge in [0.1, 0.15) is 5.82 Å². The second kappa shape index (κ2) is 5.89. The van der Waals surface area contributed by atoms with Crippen LogP contribution in [-0.2, 0) is 6.42 Å². The lowest BCUT2D eigenvalue weighted by Crippen LogP contribution is -2.44. The molecular formula is C14H18BrN3O. The van der Waals surface area contributed by atoms with Gasteiger partial charge in [-0.15, -0.1) is 0 Å². The molecule has 0 bridgehead atoms. The van der Waals surface area contributed by atoms with Crippen LogP contribution in [0.15, 0.2) is 16.7 Å². The number of hydrogen-bond acceptors (Lipinski definition) is 4. The molecular weight excluding hydrogens is 306 g/mol. The molecule has 1 aromatic heterocycles. The van der Waals surface area contributed by atoms with Gasteiger partial charge in [0.15, 0.2) is 0 Å². The van der Waals surface area contributed by atoms with Crippen LogP contribution < -0.4 is 4.90 Å². The molecule has 0 unspecified atom stereocenters. The molecule has 19 heavy (non-hydrogen) atoms. The van der Waals surface area contributed by atoms with Gasteiger partial charge in [-0.05, 0) is 41.3 Å². The lowest BCUT2D eigenvalue weighted by Gasteiger charge is -2.38. The maximum absolute atomic E-state index is 10.3. The second-order valence-electron chi connectivity index (χ2n) is 5.04. The van der Waals surface area contributed by atoms with Gasteiger partial charge in [-0.1, -0.05) is 6.92 Å². The van der Waals surface area contributed by atoms with Crippen molar-refractivity contribution in [2.75, 3.05) is 18.0 Å². The molecule has 1 aromatic rings. The Bertz CT molecular complexity index is 490. The van der Waals surface area contributed by atoms with Crippen molar-refractivity contribution < 1.29 is 5.11 Å². The maximum Gasteiger partial charge on any atom is 0.132 e. The summed E-state index contributed by atoms with van der Waals surface area (Å²) in [7, 11) is 0. The topological polar surface area (TPSA) is 60.1 Å². The van der Waals surface area contributed by atoms with E-state index in [0.29, 0.717) is 6.42 Å². The third kappa shape index (κ3) is 3.26. The molecule has 2 rings (SSSR count). The number of anilines is 1. The van der Waals surface area contributed by atoms with E-state index >= 15 is 0 Å². The Morgan fingerprint density at radius 3 is 2.79 bits per heavy atom. The van der Waals surface area contributed by atoms with E-state index in [1.807, 2.05) is 13.0 Å². The van der Waals surface area contributed by atoms with Crippen LogP contribution in [0.3, 0.4) is 0 Å². The van der Waals surface area contributed by atoms with Gasteiger partial charge < -0.3 is 10.0 Å². The van der Waals surface area contributed by atoms with Crippen LogP contribution in [0, 0.1) is 11.3 Å². The summed E-state index contributed by atoms with van der Waals surface area (Å²) in [6.45, 7) is 3.60. The van der Waals surface area contributed by atoms with E-state index in [1.165, 1.54) is 0 Å². The highest BCUT2D eigenvalue weighted by Gasteiger charge is 2.31. The number of halogens is 1. The third-order valence-corrected chi connectivity index (χ3v) is 4.26. The molecule has 5 heteroatoms. The molecule has 0 aliphatic carbocycles. The predicted octanol–water partition coefficient (Wildman–Crippen LogP) is 2.65. The highest BCUT2D eigenvalue weighted by molar-refractivity contribution is 9.10. The van der Waals surface area contributed by atoms with Crippen LogP contribution in [0.1, 0.15) is 31.7 Å². The Balaban J connectivity index is 2.17. The fourth-order valence-electron chi connectivity index (χ4n) is 2.46. The minimum Gasteiger partial charge on any atom is -0.390 e. The van der Waals surface area contributed by atoms with Crippen LogP contribution in [0.5, 0.6) is 0 Å². The van der Waals surface area contributed by atoms with Gasteiger partial charge in [-0.3, -0.25) is 0 Å². The Hall–Kier alpha value is -1.12. The van der Waals surface area contributed by atoms with Gasteiger partial charge >= 0.3 is 0 Å². The van der Waals surface area contributed by atoms with Gasteiger partial charge in [0.25, 0.3) is 0 Å². The molecule has 0 amide bonds. The van der Waals surface area contributed by atoms with Gasteiger partial charge in [0, 0.05) is 29.3 Å². The van der Waals surface area contributed by atoms with E-state index in [-0.39, 0.29) is 0 Å². The largest absolute Gasteiger partial charge is 0.390 e. The number of nitriles is 1. The average Bonchev–Trinajstić information content (AvgIpc) is 2.41. The predicted molar refractivity (Wildman–Crippen MR) is 77.9 cm³/mol. The Kier molecular flexibility index (Phi) is 4.43. The number of aliphatic hydroxyl groups is 1. The van der Waals surface area contributed by atoms with Crippen LogP contribution in [-0.4, -0.2) is 28.8 Å². The summed E-state index contributed by atoms with van der Waals surface area (Å²) in [5.41, 5.74) is 0.417. The summed E-state index contributed by atoms with van der Waals surface area (Å²) in [6, 6.07) is 4.13. The highest BCUT2D eigenvalue weighted by Crippen LogP contribution is 2.30. The summed E-state index contributed by atoms with van der Waals surface area (Å²) in [5.74, 6) is 0.878. The number of nitrogens with zero attached hydrogens (tertiary/aromatic N) is 3. The van der Waals surface area contributed by atoms with Crippen molar-refractivity contribution in [3.8, 4) is 6.07 Å². The smallest absolute Gasteiger partial charge is 0.132 e. The van der Waals surface area contributed by atoms with Gasteiger partial charge in [-0.25, -0.2) is 4.98 Å². The van der Waals surface area contributed by atoms with E-state index in [0.717, 1.165) is 48.2 Å². The minimum atomic E-state index is -0.527. The molecule has 0 radical (unpaired) electrons. The summed E-state index contributed by atoms with van der Waals surface area (Å²) in [4.78, 5) is 6.61. The molecule has 1 saturated heterocycles. The molecule has 1 aliphatic heterocycles. The van der Waals surface area contributed by atoms with E-state index in [4.69, 9.17) is 5.26 Å². The number of pyridine rings is 1. The fraction of sp³-hybridized carbons (Fsp3) is 0.571. The third-order valence-electron chi connectivity index (χ3n) is 3.83. The molecule has 2 heterocycles. The summed E-state index contributed by atoms with van der Waals surface area (Å²) < 4.78 is 0.892. The number of rotatable bonds is 3. The maximum atomic E-state index is 10.3. The van der Waals surface area contributed by atoms with Crippen molar-refractivity contribution >= 4 is 21.7 Å². The van der Waals surface area contributed by atoms with E-state index < -0.39 is 5.60 Å². The van der Waals surface area contributed by atoms with E-state index in [2.05, 4.69) is 31.9 Å². The van der Waals surface area contributed by atoms with Crippen LogP contribution in [0.4, 0.5) is 5.82 Å². The zero-order valence-electron chi connectivity index (χ0n) is 11.1. The van der Waals surface area contributed by atoms with E-state index in [1.54, 1.807) is 6.20 Å². The van der Waals surface area contributed by atoms with Crippen LogP contribution >= 0.6 is 15.9 Å². The first kappa shape index (κ1) is 14.3. The summed E-state index contributed by atoms with van der Waals surface area (Å²) >= 11 is 3.39. The second-order valence-corrected chi connectivity index (χ2v) is 5.95. The Labute approximate surface area is 122 Å². The lowest BCUT2D eigenvalue weighted by atomic mass is 9.89. The number of aromatic nitrogens is 1. The van der Waals surface area contributed by atoms with Crippen molar-refractivity contribution in [2.45, 2.75) is 38.2 Å². The monoisotopic (exact) mass is 323 g/mol. The van der Waals surface area contributed by atoms with Crippen molar-refractivity contribution in [3.63, 3.8) is 0 Å². The fourth-order valence-corrected chi connectivity index (χ4v) is 2.84. The van der Waals surface area contributed by atoms with Crippen molar-refractivity contribution in [2.24, 2.45) is 0 Å². The van der Waals surface area contributed by atoms with Gasteiger partial charge in [0.05, 0.1) is 18.1 Å². The zero-order chi connectivity index (χ0) is 13.9. The first-order chi connectivity index (χ1) is 9.08. The molecule has 1 N–H and O–H groups in total. The van der Waals surface area contributed by atoms with Crippen molar-refractivity contribution in [1.82, 2.24) is 4.98 Å². The van der Waals surface area contributed by atoms with Crippen molar-refractivity contribution in [3.05, 3.63) is 22.3 Å². The van der Waals surface area contributed by atoms with Crippen molar-refractivity contribution in [1.29, 1.82) is 5.26 Å².